The van der Waals surface area contributed by atoms with E-state index in [4.69, 9.17) is 10.8 Å². The first-order valence-electron chi connectivity index (χ1n) is 11.6. The van der Waals surface area contributed by atoms with E-state index in [-0.39, 0.29) is 12.8 Å². The molecule has 2 aromatic heterocycles. The number of hydrogen-bond donors (Lipinski definition) is 8. The number of carbonyl (C=O) groups excluding carboxylic acids is 3. The van der Waals surface area contributed by atoms with E-state index in [9.17, 15) is 29.1 Å². The van der Waals surface area contributed by atoms with Crippen LogP contribution in [0.2, 0.25) is 0 Å². The SMILES string of the molecule is CCC(C)C(NC(=O)C(Cc1cnc[nH]1)NC(=O)C(N)Cc1cnc[nH]1)C(=O)NC(CC(=O)O)C(=O)O. The summed E-state index contributed by atoms with van der Waals surface area (Å²) in [6.45, 7) is 3.43. The Morgan fingerprint density at radius 1 is 0.892 bits per heavy atom. The number of imidazole rings is 2. The van der Waals surface area contributed by atoms with Crippen LogP contribution in [0, 0.1) is 5.92 Å². The Kier molecular flexibility index (Phi) is 10.7. The minimum atomic E-state index is -1.69. The quantitative estimate of drug-likeness (QED) is 0.132. The summed E-state index contributed by atoms with van der Waals surface area (Å²) >= 11 is 0. The molecule has 5 unspecified atom stereocenters. The number of aromatic amines is 2. The van der Waals surface area contributed by atoms with Crippen LogP contribution in [0.5, 0.6) is 0 Å². The van der Waals surface area contributed by atoms with Crippen molar-refractivity contribution in [2.75, 3.05) is 0 Å². The number of hydrogen-bond acceptors (Lipinski definition) is 8. The van der Waals surface area contributed by atoms with E-state index in [1.54, 1.807) is 13.8 Å². The van der Waals surface area contributed by atoms with Gasteiger partial charge < -0.3 is 41.9 Å². The summed E-state index contributed by atoms with van der Waals surface area (Å²) in [4.78, 5) is 74.8. The van der Waals surface area contributed by atoms with Crippen LogP contribution in [0.4, 0.5) is 0 Å². The maximum Gasteiger partial charge on any atom is 0.326 e. The second-order valence-electron chi connectivity index (χ2n) is 8.60. The number of rotatable bonds is 15. The molecule has 0 aliphatic heterocycles. The van der Waals surface area contributed by atoms with Gasteiger partial charge in [-0.2, -0.15) is 0 Å². The molecule has 2 rings (SSSR count). The Balaban J connectivity index is 2.18. The van der Waals surface area contributed by atoms with E-state index in [1.165, 1.54) is 25.0 Å². The maximum atomic E-state index is 13.3. The van der Waals surface area contributed by atoms with Gasteiger partial charge in [0.15, 0.2) is 0 Å². The highest BCUT2D eigenvalue weighted by molar-refractivity contribution is 5.95. The molecule has 0 aromatic carbocycles. The van der Waals surface area contributed by atoms with E-state index < -0.39 is 66.2 Å². The highest BCUT2D eigenvalue weighted by Crippen LogP contribution is 2.11. The first-order chi connectivity index (χ1) is 17.5. The summed E-state index contributed by atoms with van der Waals surface area (Å²) in [5, 5.41) is 25.5. The first kappa shape index (κ1) is 29.0. The van der Waals surface area contributed by atoms with Gasteiger partial charge in [-0.3, -0.25) is 19.2 Å². The zero-order valence-electron chi connectivity index (χ0n) is 20.4. The zero-order valence-corrected chi connectivity index (χ0v) is 20.4. The average Bonchev–Trinajstić information content (AvgIpc) is 3.54. The molecule has 0 spiro atoms. The number of aromatic nitrogens is 4. The summed E-state index contributed by atoms with van der Waals surface area (Å²) in [6, 6.07) is -5.05. The molecule has 3 amide bonds. The zero-order chi connectivity index (χ0) is 27.5. The van der Waals surface area contributed by atoms with Crippen molar-refractivity contribution in [2.45, 2.75) is 63.7 Å². The number of carboxylic acids is 2. The van der Waals surface area contributed by atoms with Crippen molar-refractivity contribution < 1.29 is 34.2 Å². The van der Waals surface area contributed by atoms with E-state index >= 15 is 0 Å². The number of H-pyrrole nitrogens is 2. The molecule has 15 nitrogen and oxygen atoms in total. The van der Waals surface area contributed by atoms with Gasteiger partial charge in [0.2, 0.25) is 17.7 Å². The average molecular weight is 521 g/mol. The van der Waals surface area contributed by atoms with Crippen LogP contribution in [-0.2, 0) is 36.8 Å². The Morgan fingerprint density at radius 3 is 1.95 bits per heavy atom. The molecule has 0 bridgehead atoms. The fourth-order valence-electron chi connectivity index (χ4n) is 3.42. The molecule has 0 aliphatic rings. The Hall–Kier alpha value is -4.27. The molecule has 15 heteroatoms. The number of amides is 3. The van der Waals surface area contributed by atoms with Gasteiger partial charge in [0.05, 0.1) is 25.1 Å². The van der Waals surface area contributed by atoms with Crippen LogP contribution < -0.4 is 21.7 Å². The summed E-state index contributed by atoms with van der Waals surface area (Å²) in [6.07, 6.45) is 5.57. The van der Waals surface area contributed by atoms with Gasteiger partial charge in [-0.05, 0) is 5.92 Å². The third kappa shape index (κ3) is 9.03. The fraction of sp³-hybridized carbons (Fsp3) is 0.500. The normalized spacial score (nSPS) is 15.0. The van der Waals surface area contributed by atoms with Gasteiger partial charge in [-0.25, -0.2) is 14.8 Å². The highest BCUT2D eigenvalue weighted by Gasteiger charge is 2.33. The predicted molar refractivity (Wildman–Crippen MR) is 128 cm³/mol. The molecular formula is C22H32N8O7. The van der Waals surface area contributed by atoms with Crippen molar-refractivity contribution >= 4 is 29.7 Å². The lowest BCUT2D eigenvalue weighted by molar-refractivity contribution is -0.147. The van der Waals surface area contributed by atoms with Gasteiger partial charge in [-0.1, -0.05) is 20.3 Å². The number of aliphatic carboxylic acids is 2. The fourth-order valence-corrected chi connectivity index (χ4v) is 3.42. The third-order valence-electron chi connectivity index (χ3n) is 5.73. The number of nitrogens with two attached hydrogens (primary N) is 1. The lowest BCUT2D eigenvalue weighted by atomic mass is 9.97. The van der Waals surface area contributed by atoms with Gasteiger partial charge in [-0.15, -0.1) is 0 Å². The molecule has 2 heterocycles. The molecule has 0 fully saturated rings. The molecule has 5 atom stereocenters. The molecule has 0 aliphatic carbocycles. The van der Waals surface area contributed by atoms with Crippen LogP contribution >= 0.6 is 0 Å². The lowest BCUT2D eigenvalue weighted by Crippen LogP contribution is -2.59. The van der Waals surface area contributed by atoms with Crippen molar-refractivity contribution in [2.24, 2.45) is 11.7 Å². The van der Waals surface area contributed by atoms with E-state index in [0.717, 1.165) is 0 Å². The Bertz CT molecular complexity index is 1060. The van der Waals surface area contributed by atoms with E-state index in [2.05, 4.69) is 35.9 Å². The summed E-state index contributed by atoms with van der Waals surface area (Å²) in [7, 11) is 0. The van der Waals surface area contributed by atoms with Crippen molar-refractivity contribution in [1.29, 1.82) is 0 Å². The summed E-state index contributed by atoms with van der Waals surface area (Å²) in [5.41, 5.74) is 7.15. The minimum absolute atomic E-state index is 0.0000387. The summed E-state index contributed by atoms with van der Waals surface area (Å²) in [5.74, 6) is -5.59. The molecular weight excluding hydrogens is 488 g/mol. The van der Waals surface area contributed by atoms with Gasteiger partial charge in [0, 0.05) is 36.6 Å². The van der Waals surface area contributed by atoms with Gasteiger partial charge >= 0.3 is 11.9 Å². The summed E-state index contributed by atoms with van der Waals surface area (Å²) < 4.78 is 0. The third-order valence-corrected chi connectivity index (χ3v) is 5.73. The second-order valence-corrected chi connectivity index (χ2v) is 8.60. The lowest BCUT2D eigenvalue weighted by Gasteiger charge is -2.27. The smallest absolute Gasteiger partial charge is 0.326 e. The largest absolute Gasteiger partial charge is 0.481 e. The van der Waals surface area contributed by atoms with Crippen molar-refractivity contribution in [1.82, 2.24) is 35.9 Å². The molecule has 0 saturated carbocycles. The number of nitrogens with one attached hydrogen (secondary N) is 5. The number of nitrogens with zero attached hydrogens (tertiary/aromatic N) is 2. The van der Waals surface area contributed by atoms with Gasteiger partial charge in [0.25, 0.3) is 0 Å². The Labute approximate surface area is 212 Å². The predicted octanol–water partition coefficient (Wildman–Crippen LogP) is -1.69. The molecule has 2 aromatic rings. The van der Waals surface area contributed by atoms with Crippen molar-refractivity contribution in [3.63, 3.8) is 0 Å². The molecule has 9 N–H and O–H groups in total. The van der Waals surface area contributed by atoms with Crippen molar-refractivity contribution in [3.05, 3.63) is 36.4 Å². The first-order valence-corrected chi connectivity index (χ1v) is 11.6. The molecule has 202 valence electrons. The minimum Gasteiger partial charge on any atom is -0.481 e. The van der Waals surface area contributed by atoms with Gasteiger partial charge in [0.1, 0.15) is 18.1 Å². The van der Waals surface area contributed by atoms with Crippen LogP contribution in [0.1, 0.15) is 38.1 Å². The second kappa shape index (κ2) is 13.7. The van der Waals surface area contributed by atoms with E-state index in [0.29, 0.717) is 17.8 Å². The van der Waals surface area contributed by atoms with Crippen LogP contribution in [0.15, 0.2) is 25.0 Å². The van der Waals surface area contributed by atoms with E-state index in [1.807, 2.05) is 0 Å². The topological polar surface area (TPSA) is 245 Å². The number of carbonyl (C=O) groups is 5. The number of carboxylic acid groups (broad SMARTS) is 2. The van der Waals surface area contributed by atoms with Crippen molar-refractivity contribution in [3.8, 4) is 0 Å². The molecule has 37 heavy (non-hydrogen) atoms. The standard InChI is InChI=1S/C22H32N8O7/c1-3-11(2)18(21(35)29-16(22(36)37)6-17(31)32)30-20(34)15(5-13-8-25-10-27-13)28-19(33)14(23)4-12-7-24-9-26-12/h7-11,14-16,18H,3-6,23H2,1-2H3,(H,24,26)(H,25,27)(H,28,33)(H,29,35)(H,30,34)(H,31,32)(H,36,37). The van der Waals surface area contributed by atoms with Crippen LogP contribution in [-0.4, -0.2) is 84.0 Å². The molecule has 0 saturated heterocycles. The van der Waals surface area contributed by atoms with Crippen LogP contribution in [0.25, 0.3) is 0 Å². The Morgan fingerprint density at radius 2 is 1.46 bits per heavy atom. The molecule has 0 radical (unpaired) electrons. The monoisotopic (exact) mass is 520 g/mol. The van der Waals surface area contributed by atoms with Crippen LogP contribution in [0.3, 0.4) is 0 Å². The maximum absolute atomic E-state index is 13.3. The highest BCUT2D eigenvalue weighted by atomic mass is 16.4.